The van der Waals surface area contributed by atoms with Gasteiger partial charge in [-0.15, -0.1) is 0 Å². The first-order valence-corrected chi connectivity index (χ1v) is 15.0. The maximum absolute atomic E-state index is 15.0. The third kappa shape index (κ3) is 4.05. The minimum atomic E-state index is -2.45. The van der Waals surface area contributed by atoms with Crippen LogP contribution < -0.4 is 0 Å². The molecule has 0 spiro atoms. The van der Waals surface area contributed by atoms with Crippen molar-refractivity contribution in [3.05, 3.63) is 0 Å². The summed E-state index contributed by atoms with van der Waals surface area (Å²) in [5, 5.41) is 0. The molecule has 0 aliphatic carbocycles. The molecule has 0 heterocycles. The van der Waals surface area contributed by atoms with Crippen LogP contribution in [0.3, 0.4) is 0 Å². The second-order valence-electron chi connectivity index (χ2n) is 6.73. The van der Waals surface area contributed by atoms with E-state index in [0.717, 1.165) is 49.3 Å². The first-order chi connectivity index (χ1) is 10.2. The van der Waals surface area contributed by atoms with Crippen LogP contribution in [0.15, 0.2) is 0 Å². The summed E-state index contributed by atoms with van der Waals surface area (Å²) in [6, 6.07) is 0. The second-order valence-corrected chi connectivity index (χ2v) is 19.6. The van der Waals surface area contributed by atoms with Crippen LogP contribution in [-0.2, 0) is 8.88 Å². The van der Waals surface area contributed by atoms with Crippen molar-refractivity contribution in [2.45, 2.75) is 55.4 Å². The molecule has 0 fully saturated rings. The second kappa shape index (κ2) is 8.24. The van der Waals surface area contributed by atoms with E-state index in [0.29, 0.717) is 0 Å². The van der Waals surface area contributed by atoms with Crippen LogP contribution in [0, 0.1) is 0 Å². The molecular weight excluding hydrogens is 316 g/mol. The van der Waals surface area contributed by atoms with Gasteiger partial charge in [-0.2, -0.15) is 0 Å². The van der Waals surface area contributed by atoms with E-state index < -0.39 is 21.1 Å². The van der Waals surface area contributed by atoms with Gasteiger partial charge in [-0.05, 0) is 0 Å². The molecule has 0 N–H and O–H groups in total. The minimum absolute atomic E-state index is 0.936. The zero-order chi connectivity index (χ0) is 17.5. The van der Waals surface area contributed by atoms with Crippen LogP contribution in [0.1, 0.15) is 55.4 Å². The van der Waals surface area contributed by atoms with Gasteiger partial charge in [0.05, 0.1) is 0 Å². The summed E-state index contributed by atoms with van der Waals surface area (Å²) < 4.78 is 27.4. The Kier molecular flexibility index (Phi) is 8.53. The van der Waals surface area contributed by atoms with Crippen molar-refractivity contribution in [2.75, 3.05) is 49.3 Å². The number of hydrogen-bond acceptors (Lipinski definition) is 2. The summed E-state index contributed by atoms with van der Waals surface area (Å²) in [4.78, 5) is 0. The standard InChI is InChI=1S/C16H40BFO2P2/c1-9-21(10-2,11-3,12-4)19-17(18)20-22(13-5,14-6,15-7)16-8/h9-16H2,1-8H3. The maximum atomic E-state index is 15.0. The normalized spacial score (nSPS) is 16.6. The molecule has 0 unspecified atom stereocenters. The third-order valence-electron chi connectivity index (χ3n) is 7.16. The Balaban J connectivity index is 5.48. The zero-order valence-electron chi connectivity index (χ0n) is 16.3. The molecule has 0 atom stereocenters. The monoisotopic (exact) mass is 356 g/mol. The van der Waals surface area contributed by atoms with E-state index in [2.05, 4.69) is 55.4 Å². The summed E-state index contributed by atoms with van der Waals surface area (Å²) >= 11 is 0. The molecule has 0 saturated heterocycles. The summed E-state index contributed by atoms with van der Waals surface area (Å²) in [7, 11) is -1.56. The average molecular weight is 356 g/mol. The van der Waals surface area contributed by atoms with Crippen molar-refractivity contribution in [3.8, 4) is 0 Å². The van der Waals surface area contributed by atoms with Gasteiger partial charge in [0.15, 0.2) is 0 Å². The van der Waals surface area contributed by atoms with Gasteiger partial charge >= 0.3 is 139 Å². The van der Waals surface area contributed by atoms with Gasteiger partial charge in [-0.25, -0.2) is 0 Å². The Bertz CT molecular complexity index is 268. The van der Waals surface area contributed by atoms with Crippen LogP contribution in [0.4, 0.5) is 4.32 Å². The molecule has 22 heavy (non-hydrogen) atoms. The van der Waals surface area contributed by atoms with Gasteiger partial charge in [0.2, 0.25) is 0 Å². The SMILES string of the molecule is CCP(CC)(CC)(CC)OB(F)OP(CC)(CC)(CC)CC. The fourth-order valence-electron chi connectivity index (χ4n) is 3.77. The quantitative estimate of drug-likeness (QED) is 0.312. The Labute approximate surface area is 139 Å². The van der Waals surface area contributed by atoms with E-state index >= 15 is 0 Å². The van der Waals surface area contributed by atoms with Crippen LogP contribution in [0.2, 0.25) is 0 Å². The van der Waals surface area contributed by atoms with E-state index in [1.807, 2.05) is 0 Å². The molecule has 0 amide bonds. The molecule has 136 valence electrons. The number of hydrogen-bond donors (Lipinski definition) is 0. The molecule has 0 aliphatic heterocycles. The van der Waals surface area contributed by atoms with Gasteiger partial charge in [0.25, 0.3) is 0 Å². The van der Waals surface area contributed by atoms with Crippen LogP contribution in [0.25, 0.3) is 0 Å². The number of rotatable bonds is 12. The van der Waals surface area contributed by atoms with Crippen molar-refractivity contribution < 1.29 is 13.2 Å². The van der Waals surface area contributed by atoms with Crippen LogP contribution in [-0.4, -0.2) is 56.7 Å². The number of halogens is 1. The molecular formula is C16H40BFO2P2. The van der Waals surface area contributed by atoms with Gasteiger partial charge in [0, 0.05) is 0 Å². The molecule has 0 aromatic rings. The third-order valence-corrected chi connectivity index (χ3v) is 21.5. The fourth-order valence-corrected chi connectivity index (χ4v) is 11.4. The van der Waals surface area contributed by atoms with E-state index in [-0.39, 0.29) is 0 Å². The molecule has 6 heteroatoms. The van der Waals surface area contributed by atoms with Crippen molar-refractivity contribution in [1.82, 2.24) is 0 Å². The van der Waals surface area contributed by atoms with Gasteiger partial charge < -0.3 is 0 Å². The van der Waals surface area contributed by atoms with Crippen molar-refractivity contribution in [3.63, 3.8) is 0 Å². The molecule has 0 aromatic carbocycles. The molecule has 0 aromatic heterocycles. The van der Waals surface area contributed by atoms with Crippen molar-refractivity contribution in [1.29, 1.82) is 0 Å². The fraction of sp³-hybridized carbons (Fsp3) is 1.00. The van der Waals surface area contributed by atoms with Crippen LogP contribution >= 0.6 is 13.7 Å². The van der Waals surface area contributed by atoms with E-state index in [1.54, 1.807) is 0 Å². The topological polar surface area (TPSA) is 18.5 Å². The first-order valence-electron chi connectivity index (χ1n) is 9.24. The van der Waals surface area contributed by atoms with Gasteiger partial charge in [0.1, 0.15) is 0 Å². The van der Waals surface area contributed by atoms with Gasteiger partial charge in [-0.1, -0.05) is 0 Å². The molecule has 0 bridgehead atoms. The predicted molar refractivity (Wildman–Crippen MR) is 107 cm³/mol. The first kappa shape index (κ1) is 22.8. The predicted octanol–water partition coefficient (Wildman–Crippen LogP) is 6.07. The summed E-state index contributed by atoms with van der Waals surface area (Å²) in [6.45, 7) is 12.3. The van der Waals surface area contributed by atoms with E-state index in [9.17, 15) is 4.32 Å². The molecule has 2 nitrogen and oxygen atoms in total. The molecule has 0 aliphatic rings. The van der Waals surface area contributed by atoms with Crippen molar-refractivity contribution in [2.24, 2.45) is 0 Å². The molecule has 0 radical (unpaired) electrons. The van der Waals surface area contributed by atoms with Gasteiger partial charge in [-0.3, -0.25) is 0 Å². The Morgan fingerprint density at radius 3 is 0.864 bits per heavy atom. The summed E-state index contributed by atoms with van der Waals surface area (Å²) in [6.07, 6.45) is 7.49. The molecule has 0 saturated carbocycles. The molecule has 0 rings (SSSR count). The Morgan fingerprint density at radius 2 is 0.727 bits per heavy atom. The zero-order valence-corrected chi connectivity index (χ0v) is 18.1. The van der Waals surface area contributed by atoms with E-state index in [4.69, 9.17) is 8.88 Å². The summed E-state index contributed by atoms with van der Waals surface area (Å²) in [5.41, 5.74) is 0. The average Bonchev–Trinajstić information content (AvgIpc) is 2.59. The Hall–Kier alpha value is 0.775. The van der Waals surface area contributed by atoms with Crippen molar-refractivity contribution >= 4 is 21.1 Å². The van der Waals surface area contributed by atoms with Crippen LogP contribution in [0.5, 0.6) is 0 Å². The summed E-state index contributed by atoms with van der Waals surface area (Å²) in [5.74, 6) is 0. The van der Waals surface area contributed by atoms with E-state index in [1.165, 1.54) is 0 Å². The Morgan fingerprint density at radius 1 is 0.545 bits per heavy atom.